The lowest BCUT2D eigenvalue weighted by molar-refractivity contribution is -0.138. The smallest absolute Gasteiger partial charge is 0.417 e. The van der Waals surface area contributed by atoms with Crippen molar-refractivity contribution in [2.75, 3.05) is 22.4 Å². The van der Waals surface area contributed by atoms with Gasteiger partial charge in [-0.2, -0.15) is 13.2 Å². The molecule has 0 saturated heterocycles. The number of unbranched alkanes of at least 4 members (excludes halogenated alkanes) is 2. The van der Waals surface area contributed by atoms with E-state index in [1.807, 2.05) is 86.6 Å². The van der Waals surface area contributed by atoms with Gasteiger partial charge in [0.15, 0.2) is 0 Å². The largest absolute Gasteiger partial charge is 0.478 e. The summed E-state index contributed by atoms with van der Waals surface area (Å²) >= 11 is 14.2. The molecule has 0 amide bonds. The highest BCUT2D eigenvalue weighted by molar-refractivity contribution is 8.00. The normalized spacial score (nSPS) is 11.4. The molecule has 0 radical (unpaired) electrons. The van der Waals surface area contributed by atoms with Crippen molar-refractivity contribution in [1.29, 1.82) is 0 Å². The summed E-state index contributed by atoms with van der Waals surface area (Å²) in [5.74, 6) is 1.32. The third-order valence-electron chi connectivity index (χ3n) is 8.39. The van der Waals surface area contributed by atoms with Crippen LogP contribution in [0.1, 0.15) is 67.1 Å². The number of rotatable bonds is 15. The monoisotopic (exact) mass is 809 g/mol. The van der Waals surface area contributed by atoms with Gasteiger partial charge in [-0.25, -0.2) is 4.79 Å². The van der Waals surface area contributed by atoms with Crippen molar-refractivity contribution >= 4 is 58.3 Å². The number of carbonyl (C=O) groups is 1. The van der Waals surface area contributed by atoms with Crippen molar-refractivity contribution in [3.05, 3.63) is 141 Å². The zero-order valence-corrected chi connectivity index (χ0v) is 33.4. The maximum Gasteiger partial charge on any atom is 0.417 e. The lowest BCUT2D eigenvalue weighted by Crippen LogP contribution is -2.29. The molecule has 0 bridgehead atoms. The topological polar surface area (TPSA) is 74.2 Å². The summed E-state index contributed by atoms with van der Waals surface area (Å²) in [5.41, 5.74) is 2.73. The van der Waals surface area contributed by atoms with Gasteiger partial charge in [0.05, 0.1) is 17.7 Å². The lowest BCUT2D eigenvalue weighted by Gasteiger charge is -2.23. The van der Waals surface area contributed by atoms with E-state index in [2.05, 4.69) is 11.6 Å². The quantitative estimate of drug-likeness (QED) is 0.0475. The second kappa shape index (κ2) is 20.9. The number of amidine groups is 1. The highest BCUT2D eigenvalue weighted by Crippen LogP contribution is 2.35. The number of alkyl halides is 3. The Morgan fingerprint density at radius 2 is 1.47 bits per heavy atom. The number of carboxylic acids is 1. The number of aromatic carboxylic acids is 1. The van der Waals surface area contributed by atoms with E-state index in [-0.39, 0.29) is 12.2 Å². The van der Waals surface area contributed by atoms with Crippen LogP contribution >= 0.6 is 35.1 Å². The summed E-state index contributed by atoms with van der Waals surface area (Å²) < 4.78 is 50.1. The van der Waals surface area contributed by atoms with Crippen molar-refractivity contribution in [2.45, 2.75) is 59.2 Å². The molecule has 0 unspecified atom stereocenters. The third-order valence-corrected chi connectivity index (χ3v) is 9.85. The SMILES string of the molecule is CC.CCCCCSNc1ccc(Oc2ccc(-c3ccc(CC(=NCc4ccc(Cl)cc4Cl)N(C)c4ccc(C(F)(F)F)c(C(=O)O)c4)cc3)cc2)cc1. The summed E-state index contributed by atoms with van der Waals surface area (Å²) in [6.45, 7) is 6.36. The van der Waals surface area contributed by atoms with Crippen LogP contribution in [0.3, 0.4) is 0 Å². The van der Waals surface area contributed by atoms with Gasteiger partial charge in [0, 0.05) is 40.6 Å². The standard InChI is InChI=1S/C41H38Cl2F3N3O3S.C2H6/c1-3-4-5-22-53-48-32-14-19-35(20-15-32)52-34-17-11-29(12-18-34)28-8-6-27(7-9-28)23-39(47-26-30-10-13-31(42)24-38(30)43)49(2)33-16-21-37(41(44,45)46)36(25-33)40(50)51;1-2/h6-21,24-25,48H,3-5,22-23,26H2,1-2H3,(H,50,51);1-2H3. The minimum Gasteiger partial charge on any atom is -0.478 e. The first-order valence-electron chi connectivity index (χ1n) is 17.9. The number of hydrogen-bond donors (Lipinski definition) is 2. The molecule has 0 aromatic heterocycles. The fourth-order valence-corrected chi connectivity index (χ4v) is 6.64. The number of anilines is 2. The Morgan fingerprint density at radius 3 is 2.05 bits per heavy atom. The Balaban J connectivity index is 0.00000331. The average molecular weight is 811 g/mol. The summed E-state index contributed by atoms with van der Waals surface area (Å²) in [7, 11) is 1.63. The van der Waals surface area contributed by atoms with Crippen LogP contribution in [0.4, 0.5) is 24.5 Å². The summed E-state index contributed by atoms with van der Waals surface area (Å²) in [5, 5.41) is 10.5. The van der Waals surface area contributed by atoms with E-state index in [9.17, 15) is 23.1 Å². The molecule has 0 aliphatic rings. The molecule has 290 valence electrons. The van der Waals surface area contributed by atoms with Gasteiger partial charge >= 0.3 is 12.1 Å². The third kappa shape index (κ3) is 12.7. The second-order valence-corrected chi connectivity index (χ2v) is 14.0. The van der Waals surface area contributed by atoms with E-state index in [1.165, 1.54) is 25.3 Å². The number of aliphatic imine (C=N–C) groups is 1. The number of likely N-dealkylation sites (N-methyl/N-ethyl adjacent to an activating group) is 1. The lowest BCUT2D eigenvalue weighted by atomic mass is 10.0. The van der Waals surface area contributed by atoms with Crippen LogP contribution < -0.4 is 14.4 Å². The first kappa shape index (κ1) is 43.1. The van der Waals surface area contributed by atoms with Crippen LogP contribution in [0.25, 0.3) is 11.1 Å². The number of nitrogens with zero attached hydrogens (tertiary/aromatic N) is 2. The molecule has 0 spiro atoms. The van der Waals surface area contributed by atoms with Crippen molar-refractivity contribution in [2.24, 2.45) is 4.99 Å². The summed E-state index contributed by atoms with van der Waals surface area (Å²) in [6.07, 6.45) is -0.892. The minimum atomic E-state index is -4.82. The van der Waals surface area contributed by atoms with Crippen molar-refractivity contribution < 1.29 is 27.8 Å². The molecule has 6 nitrogen and oxygen atoms in total. The Kier molecular flexibility index (Phi) is 16.4. The number of halogens is 5. The number of ether oxygens (including phenoxy) is 1. The van der Waals surface area contributed by atoms with E-state index < -0.39 is 23.3 Å². The molecule has 0 heterocycles. The van der Waals surface area contributed by atoms with Gasteiger partial charge in [-0.1, -0.05) is 111 Å². The van der Waals surface area contributed by atoms with Gasteiger partial charge in [0.2, 0.25) is 0 Å². The van der Waals surface area contributed by atoms with Gasteiger partial charge < -0.3 is 19.5 Å². The van der Waals surface area contributed by atoms with Crippen LogP contribution in [-0.4, -0.2) is 29.7 Å². The average Bonchev–Trinajstić information content (AvgIpc) is 3.18. The summed E-state index contributed by atoms with van der Waals surface area (Å²) in [6, 6.07) is 31.6. The highest BCUT2D eigenvalue weighted by Gasteiger charge is 2.35. The molecule has 5 rings (SSSR count). The zero-order valence-electron chi connectivity index (χ0n) is 31.1. The maximum absolute atomic E-state index is 13.6. The number of nitrogens with one attached hydrogen (secondary N) is 1. The first-order chi connectivity index (χ1) is 26.4. The van der Waals surface area contributed by atoms with E-state index in [0.29, 0.717) is 33.6 Å². The molecule has 0 saturated carbocycles. The van der Waals surface area contributed by atoms with Crippen LogP contribution in [0.15, 0.2) is 114 Å². The van der Waals surface area contributed by atoms with Gasteiger partial charge in [-0.15, -0.1) is 0 Å². The fourth-order valence-electron chi connectivity index (χ4n) is 5.42. The maximum atomic E-state index is 13.6. The number of hydrogen-bond acceptors (Lipinski definition) is 5. The van der Waals surface area contributed by atoms with Crippen LogP contribution in [-0.2, 0) is 19.1 Å². The van der Waals surface area contributed by atoms with Crippen LogP contribution in [0, 0.1) is 0 Å². The van der Waals surface area contributed by atoms with Crippen LogP contribution in [0.2, 0.25) is 10.0 Å². The molecule has 0 aliphatic carbocycles. The highest BCUT2D eigenvalue weighted by atomic mass is 35.5. The molecule has 12 heteroatoms. The van der Waals surface area contributed by atoms with Crippen LogP contribution in [0.5, 0.6) is 11.5 Å². The Labute approximate surface area is 335 Å². The van der Waals surface area contributed by atoms with E-state index >= 15 is 0 Å². The van der Waals surface area contributed by atoms with Crippen molar-refractivity contribution in [1.82, 2.24) is 0 Å². The molecule has 55 heavy (non-hydrogen) atoms. The Bertz CT molecular complexity index is 2030. The number of benzene rings is 5. The Hall–Kier alpha value is -4.64. The van der Waals surface area contributed by atoms with E-state index in [4.69, 9.17) is 32.9 Å². The predicted octanol–water partition coefficient (Wildman–Crippen LogP) is 13.7. The van der Waals surface area contributed by atoms with Crippen molar-refractivity contribution in [3.8, 4) is 22.6 Å². The first-order valence-corrected chi connectivity index (χ1v) is 19.7. The second-order valence-electron chi connectivity index (χ2n) is 12.2. The van der Waals surface area contributed by atoms with Gasteiger partial charge in [-0.3, -0.25) is 4.99 Å². The van der Waals surface area contributed by atoms with Gasteiger partial charge in [0.25, 0.3) is 0 Å². The van der Waals surface area contributed by atoms with Gasteiger partial charge in [0.1, 0.15) is 17.3 Å². The molecule has 0 fully saturated rings. The van der Waals surface area contributed by atoms with E-state index in [1.54, 1.807) is 42.1 Å². The number of carboxylic acid groups (broad SMARTS) is 1. The molecular formula is C43H44Cl2F3N3O3S. The summed E-state index contributed by atoms with van der Waals surface area (Å²) in [4.78, 5) is 18.2. The molecule has 0 aliphatic heterocycles. The molecule has 2 N–H and O–H groups in total. The molecular weight excluding hydrogens is 766 g/mol. The fraction of sp³-hybridized carbons (Fsp3) is 0.256. The predicted molar refractivity (Wildman–Crippen MR) is 223 cm³/mol. The van der Waals surface area contributed by atoms with Gasteiger partial charge in [-0.05, 0) is 95.4 Å². The van der Waals surface area contributed by atoms with Crippen molar-refractivity contribution in [3.63, 3.8) is 0 Å². The zero-order chi connectivity index (χ0) is 40.0. The van der Waals surface area contributed by atoms with E-state index in [0.717, 1.165) is 46.0 Å². The minimum absolute atomic E-state index is 0.161. The molecule has 5 aromatic rings. The molecule has 5 aromatic carbocycles. The Morgan fingerprint density at radius 1 is 0.855 bits per heavy atom. The molecule has 0 atom stereocenters.